The summed E-state index contributed by atoms with van der Waals surface area (Å²) in [4.78, 5) is 17.5. The molecule has 0 aliphatic carbocycles. The highest BCUT2D eigenvalue weighted by Gasteiger charge is 2.10. The summed E-state index contributed by atoms with van der Waals surface area (Å²) in [7, 11) is 0. The Balaban J connectivity index is 2.70. The lowest BCUT2D eigenvalue weighted by molar-refractivity contribution is 0.477. The average Bonchev–Trinajstić information content (AvgIpc) is 2.23. The van der Waals surface area contributed by atoms with Crippen molar-refractivity contribution < 1.29 is 5.11 Å². The Morgan fingerprint density at radius 1 is 1.33 bits per heavy atom. The lowest BCUT2D eigenvalue weighted by Gasteiger charge is -2.04. The predicted octanol–water partition coefficient (Wildman–Crippen LogP) is 0.725. The molecule has 4 N–H and O–H groups in total. The summed E-state index contributed by atoms with van der Waals surface area (Å²) in [6.07, 6.45) is 1.25. The van der Waals surface area contributed by atoms with Crippen LogP contribution in [-0.4, -0.2) is 15.1 Å². The van der Waals surface area contributed by atoms with Crippen LogP contribution in [0.3, 0.4) is 0 Å². The predicted molar refractivity (Wildman–Crippen MR) is 56.4 cm³/mol. The number of aromatic amines is 1. The molecule has 0 atom stereocenters. The van der Waals surface area contributed by atoms with Crippen LogP contribution in [0, 0.1) is 0 Å². The Hall–Kier alpha value is -2.30. The summed E-state index contributed by atoms with van der Waals surface area (Å²) in [5.74, 6) is 0.0438. The molecule has 0 saturated heterocycles. The van der Waals surface area contributed by atoms with Crippen molar-refractivity contribution >= 4 is 5.69 Å². The number of anilines is 1. The minimum atomic E-state index is -0.414. The first-order chi connectivity index (χ1) is 7.20. The van der Waals surface area contributed by atoms with Crippen molar-refractivity contribution in [2.45, 2.75) is 0 Å². The van der Waals surface area contributed by atoms with Crippen molar-refractivity contribution in [2.24, 2.45) is 0 Å². The molecule has 0 saturated carbocycles. The smallest absolute Gasteiger partial charge is 0.274 e. The number of H-pyrrole nitrogens is 1. The molecule has 1 heterocycles. The first-order valence-electron chi connectivity index (χ1n) is 4.31. The third-order valence-electron chi connectivity index (χ3n) is 2.05. The third-order valence-corrected chi connectivity index (χ3v) is 2.05. The van der Waals surface area contributed by atoms with Crippen molar-refractivity contribution in [1.82, 2.24) is 9.97 Å². The number of phenolic OH excluding ortho intramolecular Hbond substituents is 1. The fourth-order valence-corrected chi connectivity index (χ4v) is 1.30. The SMILES string of the molecule is Nc1c(-c2ccccc2O)nc[nH]c1=O. The van der Waals surface area contributed by atoms with Gasteiger partial charge >= 0.3 is 0 Å². The molecule has 0 unspecified atom stereocenters. The van der Waals surface area contributed by atoms with E-state index in [4.69, 9.17) is 5.73 Å². The average molecular weight is 203 g/mol. The highest BCUT2D eigenvalue weighted by atomic mass is 16.3. The Morgan fingerprint density at radius 2 is 2.07 bits per heavy atom. The number of aromatic nitrogens is 2. The zero-order valence-electron chi connectivity index (χ0n) is 7.77. The molecular weight excluding hydrogens is 194 g/mol. The monoisotopic (exact) mass is 203 g/mol. The van der Waals surface area contributed by atoms with Gasteiger partial charge in [-0.05, 0) is 12.1 Å². The zero-order chi connectivity index (χ0) is 10.8. The van der Waals surface area contributed by atoms with E-state index < -0.39 is 5.56 Å². The van der Waals surface area contributed by atoms with Crippen LogP contribution in [0.4, 0.5) is 5.69 Å². The lowest BCUT2D eigenvalue weighted by atomic mass is 10.1. The van der Waals surface area contributed by atoms with E-state index in [1.807, 2.05) is 0 Å². The number of phenols is 1. The second-order valence-electron chi connectivity index (χ2n) is 3.01. The molecule has 5 heteroatoms. The molecule has 2 rings (SSSR count). The van der Waals surface area contributed by atoms with E-state index in [0.29, 0.717) is 5.56 Å². The van der Waals surface area contributed by atoms with Crippen LogP contribution in [-0.2, 0) is 0 Å². The lowest BCUT2D eigenvalue weighted by Crippen LogP contribution is -2.13. The fraction of sp³-hybridized carbons (Fsp3) is 0. The molecule has 0 fully saturated rings. The van der Waals surface area contributed by atoms with E-state index >= 15 is 0 Å². The van der Waals surface area contributed by atoms with Crippen LogP contribution in [0.5, 0.6) is 5.75 Å². The summed E-state index contributed by atoms with van der Waals surface area (Å²) in [6, 6.07) is 6.57. The summed E-state index contributed by atoms with van der Waals surface area (Å²) in [5, 5.41) is 9.57. The van der Waals surface area contributed by atoms with Crippen LogP contribution in [0.15, 0.2) is 35.4 Å². The molecule has 0 radical (unpaired) electrons. The number of nitrogens with one attached hydrogen (secondary N) is 1. The van der Waals surface area contributed by atoms with Crippen LogP contribution in [0.25, 0.3) is 11.3 Å². The van der Waals surface area contributed by atoms with E-state index in [1.54, 1.807) is 18.2 Å². The number of aromatic hydroxyl groups is 1. The Morgan fingerprint density at radius 3 is 2.80 bits per heavy atom. The molecule has 0 bridgehead atoms. The van der Waals surface area contributed by atoms with Crippen molar-refractivity contribution in [1.29, 1.82) is 0 Å². The molecule has 0 aliphatic rings. The number of hydrogen-bond donors (Lipinski definition) is 3. The standard InChI is InChI=1S/C10H9N3O2/c11-8-9(12-5-13-10(8)15)6-3-1-2-4-7(6)14/h1-5,14H,11H2,(H,12,13,15). The van der Waals surface area contributed by atoms with Gasteiger partial charge in [-0.3, -0.25) is 4.79 Å². The van der Waals surface area contributed by atoms with E-state index in [2.05, 4.69) is 9.97 Å². The number of rotatable bonds is 1. The maximum absolute atomic E-state index is 11.2. The topological polar surface area (TPSA) is 92.0 Å². The van der Waals surface area contributed by atoms with Crippen molar-refractivity contribution in [2.75, 3.05) is 5.73 Å². The summed E-state index contributed by atoms with van der Waals surface area (Å²) < 4.78 is 0. The van der Waals surface area contributed by atoms with Gasteiger partial charge in [-0.1, -0.05) is 12.1 Å². The van der Waals surface area contributed by atoms with Gasteiger partial charge in [0.25, 0.3) is 5.56 Å². The molecule has 0 aliphatic heterocycles. The fourth-order valence-electron chi connectivity index (χ4n) is 1.30. The van der Waals surface area contributed by atoms with Gasteiger partial charge in [0, 0.05) is 5.56 Å². The second kappa shape index (κ2) is 3.45. The van der Waals surface area contributed by atoms with E-state index in [1.165, 1.54) is 12.4 Å². The molecular formula is C10H9N3O2. The van der Waals surface area contributed by atoms with Crippen LogP contribution < -0.4 is 11.3 Å². The van der Waals surface area contributed by atoms with Gasteiger partial charge in [0.2, 0.25) is 0 Å². The Labute approximate surface area is 85.2 Å². The molecule has 1 aromatic carbocycles. The number of nitrogens with zero attached hydrogens (tertiary/aromatic N) is 1. The number of nitrogen functional groups attached to an aromatic ring is 1. The molecule has 5 nitrogen and oxygen atoms in total. The molecule has 0 spiro atoms. The minimum Gasteiger partial charge on any atom is -0.507 e. The highest BCUT2D eigenvalue weighted by molar-refractivity contribution is 5.75. The summed E-state index contributed by atoms with van der Waals surface area (Å²) in [5.41, 5.74) is 5.89. The largest absolute Gasteiger partial charge is 0.507 e. The maximum Gasteiger partial charge on any atom is 0.274 e. The number of nitrogens with two attached hydrogens (primary N) is 1. The Bertz CT molecular complexity index is 548. The van der Waals surface area contributed by atoms with Crippen molar-refractivity contribution in [3.8, 4) is 17.0 Å². The van der Waals surface area contributed by atoms with Gasteiger partial charge in [0.05, 0.1) is 6.33 Å². The molecule has 2 aromatic rings. The van der Waals surface area contributed by atoms with Crippen molar-refractivity contribution in [3.05, 3.63) is 40.9 Å². The summed E-state index contributed by atoms with van der Waals surface area (Å²) in [6.45, 7) is 0. The molecule has 15 heavy (non-hydrogen) atoms. The van der Waals surface area contributed by atoms with E-state index in [-0.39, 0.29) is 17.1 Å². The van der Waals surface area contributed by atoms with E-state index in [0.717, 1.165) is 0 Å². The summed E-state index contributed by atoms with van der Waals surface area (Å²) >= 11 is 0. The Kier molecular flexibility index (Phi) is 2.13. The number of hydrogen-bond acceptors (Lipinski definition) is 4. The van der Waals surface area contributed by atoms with Crippen LogP contribution in [0.2, 0.25) is 0 Å². The van der Waals surface area contributed by atoms with Gasteiger partial charge in [-0.15, -0.1) is 0 Å². The minimum absolute atomic E-state index is 0.000926. The van der Waals surface area contributed by atoms with Crippen molar-refractivity contribution in [3.63, 3.8) is 0 Å². The second-order valence-corrected chi connectivity index (χ2v) is 3.01. The molecule has 1 aromatic heterocycles. The van der Waals surface area contributed by atoms with Gasteiger partial charge < -0.3 is 15.8 Å². The normalized spacial score (nSPS) is 10.1. The van der Waals surface area contributed by atoms with Gasteiger partial charge in [-0.25, -0.2) is 4.98 Å². The zero-order valence-corrected chi connectivity index (χ0v) is 7.77. The molecule has 0 amide bonds. The van der Waals surface area contributed by atoms with Crippen LogP contribution in [0.1, 0.15) is 0 Å². The highest BCUT2D eigenvalue weighted by Crippen LogP contribution is 2.28. The maximum atomic E-state index is 11.2. The van der Waals surface area contributed by atoms with E-state index in [9.17, 15) is 9.90 Å². The number of benzene rings is 1. The van der Waals surface area contributed by atoms with Gasteiger partial charge in [0.1, 0.15) is 17.1 Å². The third kappa shape index (κ3) is 1.54. The first-order valence-corrected chi connectivity index (χ1v) is 4.31. The van der Waals surface area contributed by atoms with Crippen LogP contribution >= 0.6 is 0 Å². The van der Waals surface area contributed by atoms with Gasteiger partial charge in [-0.2, -0.15) is 0 Å². The molecule has 76 valence electrons. The quantitative estimate of drug-likeness (QED) is 0.636. The number of para-hydroxylation sites is 1. The first kappa shape index (κ1) is 9.26. The van der Waals surface area contributed by atoms with Gasteiger partial charge in [0.15, 0.2) is 0 Å².